The second-order valence-corrected chi connectivity index (χ2v) is 5.46. The van der Waals surface area contributed by atoms with Gasteiger partial charge in [-0.1, -0.05) is 12.8 Å². The molecule has 1 N–H and O–H groups in total. The zero-order chi connectivity index (χ0) is 10.7. The number of nitrogens with one attached hydrogen (secondary N) is 1. The minimum Gasteiger partial charge on any atom is -0.313 e. The second kappa shape index (κ2) is 5.31. The van der Waals surface area contributed by atoms with E-state index in [-0.39, 0.29) is 0 Å². The summed E-state index contributed by atoms with van der Waals surface area (Å²) in [6, 6.07) is 1.53. The van der Waals surface area contributed by atoms with E-state index >= 15 is 0 Å². The molecule has 0 amide bonds. The average molecular weight is 210 g/mol. The van der Waals surface area contributed by atoms with Crippen molar-refractivity contribution in [2.24, 2.45) is 5.92 Å². The van der Waals surface area contributed by atoms with Crippen LogP contribution in [0.3, 0.4) is 0 Å². The van der Waals surface area contributed by atoms with Crippen LogP contribution in [0.25, 0.3) is 0 Å². The maximum absolute atomic E-state index is 3.58. The molecule has 15 heavy (non-hydrogen) atoms. The summed E-state index contributed by atoms with van der Waals surface area (Å²) in [6.07, 6.45) is 7.20. The zero-order valence-corrected chi connectivity index (χ0v) is 10.3. The summed E-state index contributed by atoms with van der Waals surface area (Å²) in [5.41, 5.74) is 0. The summed E-state index contributed by atoms with van der Waals surface area (Å²) >= 11 is 0. The standard InChI is InChI=1S/C13H26N2/c1-11-7-9-15(10-8-14-11)12(2)13-5-3-4-6-13/h11-14H,3-10H2,1-2H3. The number of rotatable bonds is 2. The molecule has 1 heterocycles. The fraction of sp³-hybridized carbons (Fsp3) is 1.00. The second-order valence-electron chi connectivity index (χ2n) is 5.46. The lowest BCUT2D eigenvalue weighted by atomic mass is 9.98. The first-order valence-electron chi connectivity index (χ1n) is 6.75. The quantitative estimate of drug-likeness (QED) is 0.752. The lowest BCUT2D eigenvalue weighted by molar-refractivity contribution is 0.164. The Morgan fingerprint density at radius 1 is 1.13 bits per heavy atom. The predicted octanol–water partition coefficient (Wildman–Crippen LogP) is 2.25. The highest BCUT2D eigenvalue weighted by molar-refractivity contribution is 4.82. The molecule has 0 aromatic rings. The van der Waals surface area contributed by atoms with Crippen LogP contribution in [0.4, 0.5) is 0 Å². The topological polar surface area (TPSA) is 15.3 Å². The van der Waals surface area contributed by atoms with E-state index in [1.165, 1.54) is 51.7 Å². The van der Waals surface area contributed by atoms with Crippen LogP contribution < -0.4 is 5.32 Å². The lowest BCUT2D eigenvalue weighted by Gasteiger charge is -2.31. The third kappa shape index (κ3) is 2.94. The van der Waals surface area contributed by atoms with Gasteiger partial charge in [0.15, 0.2) is 0 Å². The highest BCUT2D eigenvalue weighted by Gasteiger charge is 2.27. The Kier molecular flexibility index (Phi) is 4.04. The van der Waals surface area contributed by atoms with Crippen molar-refractivity contribution in [1.29, 1.82) is 0 Å². The van der Waals surface area contributed by atoms with Gasteiger partial charge in [0.25, 0.3) is 0 Å². The van der Waals surface area contributed by atoms with Gasteiger partial charge in [0.2, 0.25) is 0 Å². The lowest BCUT2D eigenvalue weighted by Crippen LogP contribution is -2.39. The minimum absolute atomic E-state index is 0.714. The molecule has 1 saturated heterocycles. The van der Waals surface area contributed by atoms with Gasteiger partial charge in [-0.3, -0.25) is 4.90 Å². The van der Waals surface area contributed by atoms with Gasteiger partial charge in [-0.25, -0.2) is 0 Å². The van der Waals surface area contributed by atoms with Crippen LogP contribution >= 0.6 is 0 Å². The van der Waals surface area contributed by atoms with Crippen LogP contribution in [0.1, 0.15) is 46.0 Å². The zero-order valence-electron chi connectivity index (χ0n) is 10.3. The Hall–Kier alpha value is -0.0800. The highest BCUT2D eigenvalue weighted by atomic mass is 15.2. The van der Waals surface area contributed by atoms with Crippen molar-refractivity contribution >= 4 is 0 Å². The van der Waals surface area contributed by atoms with Gasteiger partial charge in [0.05, 0.1) is 0 Å². The average Bonchev–Trinajstić information content (AvgIpc) is 2.67. The van der Waals surface area contributed by atoms with Gasteiger partial charge >= 0.3 is 0 Å². The first-order valence-corrected chi connectivity index (χ1v) is 6.75. The third-order valence-electron chi connectivity index (χ3n) is 4.40. The molecule has 2 nitrogen and oxygen atoms in total. The molecule has 1 aliphatic carbocycles. The Labute approximate surface area is 94.4 Å². The van der Waals surface area contributed by atoms with E-state index in [1.807, 2.05) is 0 Å². The molecule has 2 fully saturated rings. The van der Waals surface area contributed by atoms with E-state index < -0.39 is 0 Å². The summed E-state index contributed by atoms with van der Waals surface area (Å²) in [7, 11) is 0. The maximum Gasteiger partial charge on any atom is 0.0110 e. The molecule has 0 aromatic heterocycles. The Morgan fingerprint density at radius 3 is 2.60 bits per heavy atom. The fourth-order valence-electron chi connectivity index (χ4n) is 3.17. The number of nitrogens with zero attached hydrogens (tertiary/aromatic N) is 1. The van der Waals surface area contributed by atoms with Crippen molar-refractivity contribution in [2.45, 2.75) is 58.0 Å². The van der Waals surface area contributed by atoms with Crippen LogP contribution in [0.2, 0.25) is 0 Å². The molecule has 88 valence electrons. The summed E-state index contributed by atoms with van der Waals surface area (Å²) in [4.78, 5) is 2.71. The number of hydrogen-bond acceptors (Lipinski definition) is 2. The van der Waals surface area contributed by atoms with Gasteiger partial charge in [-0.15, -0.1) is 0 Å². The van der Waals surface area contributed by atoms with E-state index in [1.54, 1.807) is 0 Å². The van der Waals surface area contributed by atoms with Crippen molar-refractivity contribution in [3.8, 4) is 0 Å². The molecule has 2 atom stereocenters. The van der Waals surface area contributed by atoms with Crippen molar-refractivity contribution in [3.05, 3.63) is 0 Å². The molecule has 0 aromatic carbocycles. The molecular weight excluding hydrogens is 184 g/mol. The van der Waals surface area contributed by atoms with Crippen LogP contribution in [-0.4, -0.2) is 36.6 Å². The fourth-order valence-corrected chi connectivity index (χ4v) is 3.17. The van der Waals surface area contributed by atoms with Gasteiger partial charge in [0.1, 0.15) is 0 Å². The molecule has 0 radical (unpaired) electrons. The molecule has 2 heteroatoms. The van der Waals surface area contributed by atoms with E-state index in [2.05, 4.69) is 24.1 Å². The van der Waals surface area contributed by atoms with Crippen LogP contribution in [0.5, 0.6) is 0 Å². The van der Waals surface area contributed by atoms with Gasteiger partial charge in [-0.05, 0) is 45.6 Å². The van der Waals surface area contributed by atoms with E-state index in [9.17, 15) is 0 Å². The first-order chi connectivity index (χ1) is 7.27. The van der Waals surface area contributed by atoms with Gasteiger partial charge in [0, 0.05) is 25.2 Å². The predicted molar refractivity (Wildman–Crippen MR) is 65.1 cm³/mol. The van der Waals surface area contributed by atoms with Crippen molar-refractivity contribution in [2.75, 3.05) is 19.6 Å². The maximum atomic E-state index is 3.58. The van der Waals surface area contributed by atoms with E-state index in [0.717, 1.165) is 12.0 Å². The van der Waals surface area contributed by atoms with Crippen molar-refractivity contribution in [3.63, 3.8) is 0 Å². The van der Waals surface area contributed by atoms with Crippen LogP contribution in [-0.2, 0) is 0 Å². The van der Waals surface area contributed by atoms with Crippen molar-refractivity contribution in [1.82, 2.24) is 10.2 Å². The highest BCUT2D eigenvalue weighted by Crippen LogP contribution is 2.30. The molecule has 0 spiro atoms. The summed E-state index contributed by atoms with van der Waals surface area (Å²) in [5, 5.41) is 3.58. The molecule has 1 saturated carbocycles. The van der Waals surface area contributed by atoms with E-state index in [0.29, 0.717) is 6.04 Å². The van der Waals surface area contributed by atoms with Crippen molar-refractivity contribution < 1.29 is 0 Å². The molecular formula is C13H26N2. The molecule has 0 bridgehead atoms. The summed E-state index contributed by atoms with van der Waals surface area (Å²) in [6.45, 7) is 8.49. The minimum atomic E-state index is 0.714. The van der Waals surface area contributed by atoms with Crippen LogP contribution in [0.15, 0.2) is 0 Å². The normalized spacial score (nSPS) is 32.8. The number of hydrogen-bond donors (Lipinski definition) is 1. The third-order valence-corrected chi connectivity index (χ3v) is 4.40. The largest absolute Gasteiger partial charge is 0.313 e. The molecule has 1 aliphatic heterocycles. The smallest absolute Gasteiger partial charge is 0.0110 e. The Balaban J connectivity index is 1.85. The Bertz CT molecular complexity index is 187. The molecule has 2 rings (SSSR count). The molecule has 2 unspecified atom stereocenters. The van der Waals surface area contributed by atoms with Gasteiger partial charge in [-0.2, -0.15) is 0 Å². The SMILES string of the molecule is CC1CCN(C(C)C2CCCC2)CCN1. The van der Waals surface area contributed by atoms with Gasteiger partial charge < -0.3 is 5.32 Å². The summed E-state index contributed by atoms with van der Waals surface area (Å²) < 4.78 is 0. The van der Waals surface area contributed by atoms with E-state index in [4.69, 9.17) is 0 Å². The van der Waals surface area contributed by atoms with Crippen LogP contribution in [0, 0.1) is 5.92 Å². The summed E-state index contributed by atoms with van der Waals surface area (Å²) in [5.74, 6) is 0.985. The Morgan fingerprint density at radius 2 is 1.87 bits per heavy atom. The first kappa shape index (κ1) is 11.4. The monoisotopic (exact) mass is 210 g/mol. The molecule has 2 aliphatic rings.